The van der Waals surface area contributed by atoms with E-state index in [2.05, 4.69) is 68.3 Å². The van der Waals surface area contributed by atoms with E-state index in [0.29, 0.717) is 12.1 Å². The number of hydrogen-bond acceptors (Lipinski definition) is 3. The molecule has 0 radical (unpaired) electrons. The van der Waals surface area contributed by atoms with E-state index >= 15 is 0 Å². The molecule has 1 fully saturated rings. The van der Waals surface area contributed by atoms with Crippen molar-refractivity contribution < 1.29 is 0 Å². The first-order valence-electron chi connectivity index (χ1n) is 7.64. The molecule has 0 bridgehead atoms. The minimum absolute atomic E-state index is 0.438. The van der Waals surface area contributed by atoms with Crippen LogP contribution in [0.25, 0.3) is 0 Å². The fraction of sp³-hybridized carbons (Fsp3) is 0.647. The van der Waals surface area contributed by atoms with Gasteiger partial charge in [-0.1, -0.05) is 18.2 Å². The van der Waals surface area contributed by atoms with Gasteiger partial charge in [-0.25, -0.2) is 0 Å². The Morgan fingerprint density at radius 1 is 1.20 bits per heavy atom. The molecular formula is C17H29N3. The van der Waals surface area contributed by atoms with Crippen LogP contribution in [0.15, 0.2) is 18.2 Å². The lowest BCUT2D eigenvalue weighted by atomic mass is 9.95. The van der Waals surface area contributed by atoms with Gasteiger partial charge in [0.2, 0.25) is 0 Å². The van der Waals surface area contributed by atoms with Crippen LogP contribution in [0.3, 0.4) is 0 Å². The normalized spacial score (nSPS) is 22.9. The highest BCUT2D eigenvalue weighted by atomic mass is 15.3. The van der Waals surface area contributed by atoms with Gasteiger partial charge in [-0.2, -0.15) is 0 Å². The smallest absolute Gasteiger partial charge is 0.0333 e. The molecule has 0 spiro atoms. The number of nitrogens with one attached hydrogen (secondary N) is 1. The van der Waals surface area contributed by atoms with Crippen molar-refractivity contribution in [2.75, 3.05) is 40.8 Å². The Labute approximate surface area is 124 Å². The van der Waals surface area contributed by atoms with Crippen LogP contribution in [0.4, 0.5) is 0 Å². The summed E-state index contributed by atoms with van der Waals surface area (Å²) in [5, 5.41) is 3.50. The lowest BCUT2D eigenvalue weighted by Crippen LogP contribution is -2.50. The van der Waals surface area contributed by atoms with Crippen LogP contribution in [-0.4, -0.2) is 56.6 Å². The third-order valence-electron chi connectivity index (χ3n) is 4.77. The number of rotatable bonds is 4. The summed E-state index contributed by atoms with van der Waals surface area (Å²) in [4.78, 5) is 4.95. The third-order valence-corrected chi connectivity index (χ3v) is 4.77. The molecule has 0 aliphatic carbocycles. The van der Waals surface area contributed by atoms with E-state index in [1.54, 1.807) is 0 Å². The Morgan fingerprint density at radius 3 is 2.60 bits per heavy atom. The second kappa shape index (κ2) is 6.70. The predicted octanol–water partition coefficient (Wildman–Crippen LogP) is 2.20. The average Bonchev–Trinajstić information content (AvgIpc) is 2.43. The number of hydrogen-bond donors (Lipinski definition) is 1. The second-order valence-electron chi connectivity index (χ2n) is 6.32. The van der Waals surface area contributed by atoms with Crippen molar-refractivity contribution in [1.29, 1.82) is 0 Å². The van der Waals surface area contributed by atoms with Gasteiger partial charge in [0.25, 0.3) is 0 Å². The predicted molar refractivity (Wildman–Crippen MR) is 86.2 cm³/mol. The fourth-order valence-corrected chi connectivity index (χ4v) is 3.03. The maximum absolute atomic E-state index is 3.50. The van der Waals surface area contributed by atoms with Gasteiger partial charge in [0.1, 0.15) is 0 Å². The number of benzene rings is 1. The molecule has 1 saturated heterocycles. The van der Waals surface area contributed by atoms with Crippen LogP contribution in [0.1, 0.15) is 29.2 Å². The average molecular weight is 275 g/mol. The van der Waals surface area contributed by atoms with Crippen molar-refractivity contribution in [3.05, 3.63) is 34.9 Å². The molecule has 1 aromatic carbocycles. The topological polar surface area (TPSA) is 18.5 Å². The largest absolute Gasteiger partial charge is 0.313 e. The number of nitrogens with zero attached hydrogens (tertiary/aromatic N) is 2. The molecule has 0 saturated carbocycles. The molecule has 0 aromatic heterocycles. The third kappa shape index (κ3) is 3.60. The zero-order chi connectivity index (χ0) is 14.7. The molecule has 1 aromatic rings. The maximum Gasteiger partial charge on any atom is 0.0333 e. The Morgan fingerprint density at radius 2 is 1.95 bits per heavy atom. The van der Waals surface area contributed by atoms with Crippen LogP contribution in [0, 0.1) is 13.8 Å². The van der Waals surface area contributed by atoms with Crippen molar-refractivity contribution in [3.8, 4) is 0 Å². The zero-order valence-electron chi connectivity index (χ0n) is 13.6. The summed E-state index contributed by atoms with van der Waals surface area (Å²) in [5.74, 6) is 0. The first-order valence-corrected chi connectivity index (χ1v) is 7.64. The molecule has 3 nitrogen and oxygen atoms in total. The summed E-state index contributed by atoms with van der Waals surface area (Å²) in [6, 6.07) is 7.92. The van der Waals surface area contributed by atoms with E-state index in [1.165, 1.54) is 42.7 Å². The van der Waals surface area contributed by atoms with Gasteiger partial charge in [0, 0.05) is 31.7 Å². The summed E-state index contributed by atoms with van der Waals surface area (Å²) < 4.78 is 0. The maximum atomic E-state index is 3.50. The van der Waals surface area contributed by atoms with Crippen molar-refractivity contribution >= 4 is 0 Å². The number of aryl methyl sites for hydroxylation is 2. The van der Waals surface area contributed by atoms with Crippen LogP contribution in [-0.2, 0) is 0 Å². The van der Waals surface area contributed by atoms with E-state index in [9.17, 15) is 0 Å². The molecule has 0 amide bonds. The summed E-state index contributed by atoms with van der Waals surface area (Å²) in [5.41, 5.74) is 4.17. The highest BCUT2D eigenvalue weighted by Crippen LogP contribution is 2.24. The van der Waals surface area contributed by atoms with Gasteiger partial charge in [-0.3, -0.25) is 0 Å². The van der Waals surface area contributed by atoms with Crippen LogP contribution in [0.2, 0.25) is 0 Å². The quantitative estimate of drug-likeness (QED) is 0.909. The molecule has 1 N–H and O–H groups in total. The minimum Gasteiger partial charge on any atom is -0.313 e. The van der Waals surface area contributed by atoms with Crippen LogP contribution < -0.4 is 5.32 Å². The molecule has 3 heteroatoms. The minimum atomic E-state index is 0.438. The monoisotopic (exact) mass is 275 g/mol. The fourth-order valence-electron chi connectivity index (χ4n) is 3.03. The molecule has 2 unspecified atom stereocenters. The van der Waals surface area contributed by atoms with E-state index in [1.807, 2.05) is 0 Å². The van der Waals surface area contributed by atoms with Gasteiger partial charge < -0.3 is 15.1 Å². The van der Waals surface area contributed by atoms with Gasteiger partial charge >= 0.3 is 0 Å². The molecular weight excluding hydrogens is 246 g/mol. The molecule has 20 heavy (non-hydrogen) atoms. The van der Waals surface area contributed by atoms with Crippen LogP contribution in [0.5, 0.6) is 0 Å². The Bertz CT molecular complexity index is 444. The highest BCUT2D eigenvalue weighted by Gasteiger charge is 2.25. The van der Waals surface area contributed by atoms with Crippen LogP contribution >= 0.6 is 0 Å². The first kappa shape index (κ1) is 15.5. The summed E-state index contributed by atoms with van der Waals surface area (Å²) in [6.45, 7) is 7.90. The Balaban J connectivity index is 2.09. The lowest BCUT2D eigenvalue weighted by Gasteiger charge is -2.39. The summed E-state index contributed by atoms with van der Waals surface area (Å²) >= 11 is 0. The van der Waals surface area contributed by atoms with Crippen molar-refractivity contribution in [3.63, 3.8) is 0 Å². The Kier molecular flexibility index (Phi) is 5.19. The standard InChI is InChI=1S/C17H29N3/c1-13-6-7-15(10-14(13)2)17(18-3)11-16-12-19(4)8-9-20(16)5/h6-7,10,16-18H,8-9,11-12H2,1-5H3. The lowest BCUT2D eigenvalue weighted by molar-refractivity contribution is 0.102. The molecule has 1 heterocycles. The summed E-state index contributed by atoms with van der Waals surface area (Å²) in [6.07, 6.45) is 1.17. The van der Waals surface area contributed by atoms with E-state index in [-0.39, 0.29) is 0 Å². The molecule has 1 aliphatic heterocycles. The summed E-state index contributed by atoms with van der Waals surface area (Å²) in [7, 11) is 6.56. The Hall–Kier alpha value is -0.900. The number of likely N-dealkylation sites (N-methyl/N-ethyl adjacent to an activating group) is 2. The van der Waals surface area contributed by atoms with Crippen molar-refractivity contribution in [2.24, 2.45) is 0 Å². The molecule has 2 rings (SSSR count). The molecule has 2 atom stereocenters. The number of piperazine rings is 1. The van der Waals surface area contributed by atoms with Crippen molar-refractivity contribution in [1.82, 2.24) is 15.1 Å². The molecule has 1 aliphatic rings. The molecule has 112 valence electrons. The van der Waals surface area contributed by atoms with E-state index < -0.39 is 0 Å². The first-order chi connectivity index (χ1) is 9.51. The SMILES string of the molecule is CNC(CC1CN(C)CCN1C)c1ccc(C)c(C)c1. The van der Waals surface area contributed by atoms with E-state index in [0.717, 1.165) is 0 Å². The van der Waals surface area contributed by atoms with Gasteiger partial charge in [0.15, 0.2) is 0 Å². The van der Waals surface area contributed by atoms with Gasteiger partial charge in [0.05, 0.1) is 0 Å². The van der Waals surface area contributed by atoms with Gasteiger partial charge in [-0.15, -0.1) is 0 Å². The second-order valence-corrected chi connectivity index (χ2v) is 6.32. The van der Waals surface area contributed by atoms with Gasteiger partial charge in [-0.05, 0) is 58.1 Å². The van der Waals surface area contributed by atoms with Crippen molar-refractivity contribution in [2.45, 2.75) is 32.4 Å². The highest BCUT2D eigenvalue weighted by molar-refractivity contribution is 5.31. The van der Waals surface area contributed by atoms with E-state index in [4.69, 9.17) is 0 Å². The zero-order valence-corrected chi connectivity index (χ0v) is 13.6.